The summed E-state index contributed by atoms with van der Waals surface area (Å²) in [7, 11) is 0. The average Bonchev–Trinajstić information content (AvgIpc) is 3.03. The predicted octanol–water partition coefficient (Wildman–Crippen LogP) is 5.34. The number of hydrogen-bond acceptors (Lipinski definition) is 2. The Morgan fingerprint density at radius 1 is 1.11 bits per heavy atom. The molecule has 0 aliphatic heterocycles. The highest BCUT2D eigenvalue weighted by Gasteiger charge is 2.23. The zero-order valence-corrected chi connectivity index (χ0v) is 16.2. The number of imidazole rings is 1. The van der Waals surface area contributed by atoms with Gasteiger partial charge in [-0.25, -0.2) is 4.98 Å². The van der Waals surface area contributed by atoms with Gasteiger partial charge in [-0.3, -0.25) is 4.79 Å². The minimum atomic E-state index is 0.00201. The number of nitrogens with one attached hydrogen (secondary N) is 1. The van der Waals surface area contributed by atoms with Crippen molar-refractivity contribution in [2.75, 3.05) is 5.32 Å². The van der Waals surface area contributed by atoms with Crippen LogP contribution in [-0.2, 0) is 11.3 Å². The fourth-order valence-electron chi connectivity index (χ4n) is 4.22. The summed E-state index contributed by atoms with van der Waals surface area (Å²) in [5, 5.41) is 3.08. The summed E-state index contributed by atoms with van der Waals surface area (Å²) in [6.45, 7) is 4.40. The number of anilines is 1. The van der Waals surface area contributed by atoms with Crippen LogP contribution in [0.5, 0.6) is 0 Å². The lowest BCUT2D eigenvalue weighted by Crippen LogP contribution is -2.22. The topological polar surface area (TPSA) is 46.9 Å². The van der Waals surface area contributed by atoms with Crippen LogP contribution >= 0.6 is 0 Å². The Bertz CT molecular complexity index is 967. The molecule has 1 aliphatic rings. The lowest BCUT2D eigenvalue weighted by Gasteiger charge is -2.22. The molecule has 1 aliphatic carbocycles. The molecule has 0 unspecified atom stereocenters. The van der Waals surface area contributed by atoms with Crippen molar-refractivity contribution >= 4 is 22.6 Å². The van der Waals surface area contributed by atoms with Gasteiger partial charge in [-0.15, -0.1) is 0 Å². The third-order valence-corrected chi connectivity index (χ3v) is 5.61. The summed E-state index contributed by atoms with van der Waals surface area (Å²) in [5.74, 6) is 1.54. The van der Waals surface area contributed by atoms with Crippen molar-refractivity contribution in [3.8, 4) is 0 Å². The minimum absolute atomic E-state index is 0.00201. The molecule has 4 heteroatoms. The number of carbonyl (C=O) groups excluding carboxylic acids is 1. The van der Waals surface area contributed by atoms with Crippen LogP contribution in [0.1, 0.15) is 55.0 Å². The van der Waals surface area contributed by atoms with E-state index in [1.54, 1.807) is 0 Å². The number of para-hydroxylation sites is 2. The summed E-state index contributed by atoms with van der Waals surface area (Å²) in [5.41, 5.74) is 5.21. The van der Waals surface area contributed by atoms with Crippen molar-refractivity contribution in [1.29, 1.82) is 0 Å². The summed E-state index contributed by atoms with van der Waals surface area (Å²) in [6.07, 6.45) is 6.15. The van der Waals surface area contributed by atoms with Gasteiger partial charge in [0.05, 0.1) is 11.0 Å². The van der Waals surface area contributed by atoms with E-state index in [0.29, 0.717) is 12.5 Å². The molecule has 1 fully saturated rings. The lowest BCUT2D eigenvalue weighted by molar-refractivity contribution is -0.116. The second-order valence-electron chi connectivity index (χ2n) is 7.75. The first kappa shape index (κ1) is 17.8. The molecule has 1 aromatic heterocycles. The number of fused-ring (bicyclic) bond motifs is 1. The van der Waals surface area contributed by atoms with Crippen molar-refractivity contribution in [3.63, 3.8) is 0 Å². The molecular formula is C23H27N3O. The number of carbonyl (C=O) groups is 1. The number of hydrogen-bond donors (Lipinski definition) is 1. The normalized spacial score (nSPS) is 15.2. The molecule has 0 spiro atoms. The monoisotopic (exact) mass is 361 g/mol. The van der Waals surface area contributed by atoms with Gasteiger partial charge in [-0.05, 0) is 50.5 Å². The maximum Gasteiger partial charge on any atom is 0.244 e. The highest BCUT2D eigenvalue weighted by atomic mass is 16.1. The van der Waals surface area contributed by atoms with Gasteiger partial charge in [0, 0.05) is 11.6 Å². The number of nitrogens with zero attached hydrogens (tertiary/aromatic N) is 2. The van der Waals surface area contributed by atoms with Crippen LogP contribution in [0, 0.1) is 13.8 Å². The fourth-order valence-corrected chi connectivity index (χ4v) is 4.22. The van der Waals surface area contributed by atoms with E-state index in [2.05, 4.69) is 28.9 Å². The number of benzene rings is 2. The molecule has 0 bridgehead atoms. The molecule has 2 aromatic carbocycles. The Hall–Kier alpha value is -2.62. The van der Waals surface area contributed by atoms with E-state index in [4.69, 9.17) is 4.98 Å². The van der Waals surface area contributed by atoms with Crippen molar-refractivity contribution < 1.29 is 4.79 Å². The molecule has 4 rings (SSSR count). The second-order valence-corrected chi connectivity index (χ2v) is 7.75. The highest BCUT2D eigenvalue weighted by molar-refractivity contribution is 5.92. The quantitative estimate of drug-likeness (QED) is 0.682. The van der Waals surface area contributed by atoms with Crippen LogP contribution in [-0.4, -0.2) is 15.5 Å². The number of rotatable bonds is 4. The van der Waals surface area contributed by atoms with Crippen molar-refractivity contribution in [1.82, 2.24) is 9.55 Å². The van der Waals surface area contributed by atoms with Gasteiger partial charge in [0.2, 0.25) is 5.91 Å². The third kappa shape index (κ3) is 3.75. The molecule has 27 heavy (non-hydrogen) atoms. The van der Waals surface area contributed by atoms with E-state index >= 15 is 0 Å². The molecule has 1 saturated carbocycles. The van der Waals surface area contributed by atoms with Gasteiger partial charge in [0.25, 0.3) is 0 Å². The maximum atomic E-state index is 12.8. The Kier molecular flexibility index (Phi) is 4.97. The molecular weight excluding hydrogens is 334 g/mol. The summed E-state index contributed by atoms with van der Waals surface area (Å²) in [6, 6.07) is 14.3. The fraction of sp³-hybridized carbons (Fsp3) is 0.391. The summed E-state index contributed by atoms with van der Waals surface area (Å²) < 4.78 is 2.13. The standard InChI is InChI=1S/C23H27N3O/c1-16-12-13-19(17(2)14-16)24-22(27)15-26-21-11-7-6-10-20(21)25-23(26)18-8-4-3-5-9-18/h6-7,10-14,18H,3-5,8-9,15H2,1-2H3,(H,24,27). The Labute approximate surface area is 160 Å². The molecule has 0 saturated heterocycles. The molecule has 1 amide bonds. The Balaban J connectivity index is 1.62. The van der Waals surface area contributed by atoms with Crippen LogP contribution in [0.25, 0.3) is 11.0 Å². The van der Waals surface area contributed by atoms with Gasteiger partial charge < -0.3 is 9.88 Å². The first-order valence-corrected chi connectivity index (χ1v) is 9.94. The number of aryl methyl sites for hydroxylation is 2. The summed E-state index contributed by atoms with van der Waals surface area (Å²) >= 11 is 0. The first-order chi connectivity index (χ1) is 13.1. The van der Waals surface area contributed by atoms with Gasteiger partial charge in [0.1, 0.15) is 12.4 Å². The zero-order valence-electron chi connectivity index (χ0n) is 16.2. The first-order valence-electron chi connectivity index (χ1n) is 9.94. The lowest BCUT2D eigenvalue weighted by atomic mass is 9.88. The summed E-state index contributed by atoms with van der Waals surface area (Å²) in [4.78, 5) is 17.7. The van der Waals surface area contributed by atoms with Gasteiger partial charge in [-0.1, -0.05) is 49.1 Å². The molecule has 140 valence electrons. The van der Waals surface area contributed by atoms with Crippen LogP contribution < -0.4 is 5.32 Å². The highest BCUT2D eigenvalue weighted by Crippen LogP contribution is 2.34. The van der Waals surface area contributed by atoms with Crippen LogP contribution in [0.15, 0.2) is 42.5 Å². The van der Waals surface area contributed by atoms with Crippen molar-refractivity contribution in [2.24, 2.45) is 0 Å². The molecule has 0 atom stereocenters. The van der Waals surface area contributed by atoms with Gasteiger partial charge in [0.15, 0.2) is 0 Å². The van der Waals surface area contributed by atoms with Crippen LogP contribution in [0.3, 0.4) is 0 Å². The van der Waals surface area contributed by atoms with E-state index in [0.717, 1.165) is 28.1 Å². The van der Waals surface area contributed by atoms with Crippen molar-refractivity contribution in [2.45, 2.75) is 58.4 Å². The van der Waals surface area contributed by atoms with E-state index in [9.17, 15) is 4.79 Å². The molecule has 3 aromatic rings. The largest absolute Gasteiger partial charge is 0.324 e. The maximum absolute atomic E-state index is 12.8. The second kappa shape index (κ2) is 7.55. The number of aromatic nitrogens is 2. The van der Waals surface area contributed by atoms with Crippen molar-refractivity contribution in [3.05, 3.63) is 59.4 Å². The van der Waals surface area contributed by atoms with E-state index < -0.39 is 0 Å². The van der Waals surface area contributed by atoms with E-state index in [1.165, 1.54) is 37.7 Å². The third-order valence-electron chi connectivity index (χ3n) is 5.61. The van der Waals surface area contributed by atoms with E-state index in [1.807, 2.05) is 37.3 Å². The predicted molar refractivity (Wildman–Crippen MR) is 110 cm³/mol. The Morgan fingerprint density at radius 3 is 2.67 bits per heavy atom. The molecule has 1 N–H and O–H groups in total. The van der Waals surface area contributed by atoms with Gasteiger partial charge >= 0.3 is 0 Å². The average molecular weight is 361 g/mol. The SMILES string of the molecule is Cc1ccc(NC(=O)Cn2c(C3CCCCC3)nc3ccccc32)c(C)c1. The zero-order chi connectivity index (χ0) is 18.8. The van der Waals surface area contributed by atoms with Crippen LogP contribution in [0.4, 0.5) is 5.69 Å². The Morgan fingerprint density at radius 2 is 1.89 bits per heavy atom. The minimum Gasteiger partial charge on any atom is -0.324 e. The number of amides is 1. The molecule has 1 heterocycles. The van der Waals surface area contributed by atoms with Crippen LogP contribution in [0.2, 0.25) is 0 Å². The smallest absolute Gasteiger partial charge is 0.244 e. The molecule has 0 radical (unpaired) electrons. The van der Waals surface area contributed by atoms with Gasteiger partial charge in [-0.2, -0.15) is 0 Å². The van der Waals surface area contributed by atoms with E-state index in [-0.39, 0.29) is 5.91 Å². The molecule has 4 nitrogen and oxygen atoms in total.